The summed E-state index contributed by atoms with van der Waals surface area (Å²) in [5, 5.41) is 9.91. The maximum absolute atomic E-state index is 14.2. The Balaban J connectivity index is 1.44. The van der Waals surface area contributed by atoms with Crippen LogP contribution >= 0.6 is 45.3 Å². The third-order valence-corrected chi connectivity index (χ3v) is 11.7. The van der Waals surface area contributed by atoms with Gasteiger partial charge in [-0.05, 0) is 80.3 Å². The average molecular weight is 656 g/mol. The average Bonchev–Trinajstić information content (AvgIpc) is 3.80. The molecule has 0 saturated heterocycles. The topological polar surface area (TPSA) is 64.4 Å². The summed E-state index contributed by atoms with van der Waals surface area (Å²) in [6, 6.07) is 18.7. The van der Waals surface area contributed by atoms with Gasteiger partial charge in [0.05, 0.1) is 37.9 Å². The van der Waals surface area contributed by atoms with E-state index >= 15 is 0 Å². The lowest BCUT2D eigenvalue weighted by Crippen LogP contribution is -2.33. The Morgan fingerprint density at radius 3 is 1.73 bits per heavy atom. The van der Waals surface area contributed by atoms with Crippen molar-refractivity contribution < 1.29 is 9.59 Å². The molecule has 0 fully saturated rings. The largest absolute Gasteiger partial charge is 0.306 e. The van der Waals surface area contributed by atoms with Crippen LogP contribution in [-0.4, -0.2) is 34.7 Å². The van der Waals surface area contributed by atoms with Gasteiger partial charge in [-0.2, -0.15) is 5.26 Å². The standard InChI is InChI=1S/C35H33N3O2S4/c1-19(2)17-37-32(28-10-8-22(6)42-28)30-31(35(37)40)33(38(34(30)39)18-20(3)4)29-14-13-27(44-29)26-12-11-25(43-26)23(16-36)15-24-9-7-21(5)41-24/h7-15,19-20H,17-18H2,1-6H3/b23-15+. The first-order valence-electron chi connectivity index (χ1n) is 14.6. The Bertz CT molecular complexity index is 1920. The number of hydrogen-bond donors (Lipinski definition) is 0. The minimum absolute atomic E-state index is 0.0923. The second-order valence-electron chi connectivity index (χ2n) is 11.9. The molecule has 0 aliphatic carbocycles. The molecule has 0 radical (unpaired) electrons. The molecule has 0 saturated carbocycles. The molecule has 0 atom stereocenters. The van der Waals surface area contributed by atoms with Gasteiger partial charge < -0.3 is 9.80 Å². The Morgan fingerprint density at radius 1 is 0.705 bits per heavy atom. The predicted molar refractivity (Wildman–Crippen MR) is 186 cm³/mol. The molecular formula is C35H33N3O2S4. The summed E-state index contributed by atoms with van der Waals surface area (Å²) in [6.07, 6.45) is 1.95. The molecule has 0 spiro atoms. The highest BCUT2D eigenvalue weighted by Crippen LogP contribution is 2.50. The van der Waals surface area contributed by atoms with Crippen molar-refractivity contribution in [1.29, 1.82) is 5.26 Å². The van der Waals surface area contributed by atoms with Gasteiger partial charge in [-0.3, -0.25) is 9.59 Å². The third kappa shape index (κ3) is 5.56. The summed E-state index contributed by atoms with van der Waals surface area (Å²) in [6.45, 7) is 13.6. The number of nitriles is 1. The van der Waals surface area contributed by atoms with Crippen LogP contribution in [0.15, 0.2) is 59.7 Å². The van der Waals surface area contributed by atoms with Crippen LogP contribution in [0.4, 0.5) is 0 Å². The number of carbonyl (C=O) groups excluding carboxylic acids is 2. The van der Waals surface area contributed by atoms with Gasteiger partial charge in [0.25, 0.3) is 11.8 Å². The maximum atomic E-state index is 14.2. The van der Waals surface area contributed by atoms with Crippen LogP contribution in [0.5, 0.6) is 0 Å². The molecule has 44 heavy (non-hydrogen) atoms. The summed E-state index contributed by atoms with van der Waals surface area (Å²) in [7, 11) is 0. The van der Waals surface area contributed by atoms with E-state index in [0.717, 1.165) is 45.5 Å². The molecule has 4 aromatic heterocycles. The minimum Gasteiger partial charge on any atom is -0.306 e. The zero-order chi connectivity index (χ0) is 31.3. The summed E-state index contributed by atoms with van der Waals surface area (Å²) < 4.78 is 0. The van der Waals surface area contributed by atoms with Crippen molar-refractivity contribution in [3.8, 4) is 15.8 Å². The van der Waals surface area contributed by atoms with Crippen molar-refractivity contribution in [1.82, 2.24) is 9.80 Å². The fourth-order valence-electron chi connectivity index (χ4n) is 5.59. The van der Waals surface area contributed by atoms with Gasteiger partial charge in [0.15, 0.2) is 0 Å². The highest BCUT2D eigenvalue weighted by atomic mass is 32.1. The van der Waals surface area contributed by atoms with Gasteiger partial charge in [0, 0.05) is 42.4 Å². The van der Waals surface area contributed by atoms with Gasteiger partial charge in [0.1, 0.15) is 6.07 Å². The van der Waals surface area contributed by atoms with E-state index in [1.165, 1.54) is 4.88 Å². The summed E-state index contributed by atoms with van der Waals surface area (Å²) in [5.41, 5.74) is 3.18. The van der Waals surface area contributed by atoms with E-state index in [9.17, 15) is 14.9 Å². The summed E-state index contributed by atoms with van der Waals surface area (Å²) in [5.74, 6) is 0.291. The molecule has 5 nitrogen and oxygen atoms in total. The Labute approximate surface area is 274 Å². The Hall–Kier alpha value is -3.55. The molecular weight excluding hydrogens is 623 g/mol. The van der Waals surface area contributed by atoms with Crippen molar-refractivity contribution in [2.24, 2.45) is 11.8 Å². The smallest absolute Gasteiger partial charge is 0.261 e. The number of hydrogen-bond acceptors (Lipinski definition) is 7. The third-order valence-electron chi connectivity index (χ3n) is 7.37. The lowest BCUT2D eigenvalue weighted by molar-refractivity contribution is -0.124. The van der Waals surface area contributed by atoms with E-state index in [1.54, 1.807) is 45.3 Å². The van der Waals surface area contributed by atoms with Crippen molar-refractivity contribution >= 4 is 80.2 Å². The highest BCUT2D eigenvalue weighted by Gasteiger charge is 2.49. The van der Waals surface area contributed by atoms with Crippen LogP contribution in [0.3, 0.4) is 0 Å². The van der Waals surface area contributed by atoms with Crippen molar-refractivity contribution in [2.45, 2.75) is 41.5 Å². The number of carbonyl (C=O) groups is 2. The number of thiophene rings is 4. The van der Waals surface area contributed by atoms with Crippen LogP contribution in [0.1, 0.15) is 57.0 Å². The van der Waals surface area contributed by atoms with Crippen LogP contribution in [0.25, 0.3) is 32.8 Å². The SMILES string of the molecule is Cc1ccc(/C=C(\C#N)c2ccc(-c3ccc(C4=C5C(=O)N(CC(C)C)C(c6ccc(C)s6)=C5C(=O)N4CC(C)C)s3)s2)s1. The van der Waals surface area contributed by atoms with Gasteiger partial charge in [0.2, 0.25) is 0 Å². The Morgan fingerprint density at radius 2 is 1.20 bits per heavy atom. The second kappa shape index (κ2) is 12.1. The zero-order valence-corrected chi connectivity index (χ0v) is 28.8. The van der Waals surface area contributed by atoms with Crippen LogP contribution in [-0.2, 0) is 9.59 Å². The van der Waals surface area contributed by atoms with E-state index in [-0.39, 0.29) is 23.7 Å². The first kappa shape index (κ1) is 30.5. The van der Waals surface area contributed by atoms with Gasteiger partial charge in [-0.1, -0.05) is 27.7 Å². The molecule has 2 amide bonds. The predicted octanol–water partition coefficient (Wildman–Crippen LogP) is 9.40. The first-order chi connectivity index (χ1) is 21.0. The number of allylic oxidation sites excluding steroid dienone is 1. The van der Waals surface area contributed by atoms with Gasteiger partial charge in [-0.25, -0.2) is 0 Å². The molecule has 224 valence electrons. The molecule has 6 heterocycles. The molecule has 4 aromatic rings. The minimum atomic E-state index is -0.0923. The van der Waals surface area contributed by atoms with Crippen molar-refractivity contribution in [3.05, 3.63) is 88.9 Å². The monoisotopic (exact) mass is 655 g/mol. The highest BCUT2D eigenvalue weighted by molar-refractivity contribution is 7.23. The van der Waals surface area contributed by atoms with Crippen LogP contribution < -0.4 is 0 Å². The number of aryl methyl sites for hydroxylation is 2. The van der Waals surface area contributed by atoms with E-state index in [1.807, 2.05) is 47.1 Å². The zero-order valence-electron chi connectivity index (χ0n) is 25.6. The molecule has 0 unspecified atom stereocenters. The molecule has 2 aliphatic heterocycles. The fraction of sp³-hybridized carbons (Fsp3) is 0.286. The number of fused-ring (bicyclic) bond motifs is 1. The van der Waals surface area contributed by atoms with E-state index in [4.69, 9.17) is 0 Å². The lowest BCUT2D eigenvalue weighted by Gasteiger charge is -2.26. The van der Waals surface area contributed by atoms with E-state index in [0.29, 0.717) is 29.8 Å². The van der Waals surface area contributed by atoms with E-state index in [2.05, 4.69) is 65.0 Å². The molecule has 0 bridgehead atoms. The maximum Gasteiger partial charge on any atom is 0.261 e. The lowest BCUT2D eigenvalue weighted by atomic mass is 10.1. The second-order valence-corrected chi connectivity index (χ2v) is 16.7. The molecule has 6 rings (SSSR count). The summed E-state index contributed by atoms with van der Waals surface area (Å²) in [4.78, 5) is 40.4. The molecule has 0 N–H and O–H groups in total. The van der Waals surface area contributed by atoms with Crippen molar-refractivity contribution in [3.63, 3.8) is 0 Å². The van der Waals surface area contributed by atoms with E-state index < -0.39 is 0 Å². The first-order valence-corrected chi connectivity index (χ1v) is 17.9. The fourth-order valence-corrected chi connectivity index (χ4v) is 9.47. The summed E-state index contributed by atoms with van der Waals surface area (Å²) >= 11 is 6.47. The molecule has 9 heteroatoms. The van der Waals surface area contributed by atoms with Gasteiger partial charge in [-0.15, -0.1) is 45.3 Å². The quantitative estimate of drug-likeness (QED) is 0.169. The normalized spacial score (nSPS) is 15.6. The van der Waals surface area contributed by atoms with Crippen LogP contribution in [0.2, 0.25) is 0 Å². The van der Waals surface area contributed by atoms with Crippen molar-refractivity contribution in [2.75, 3.05) is 13.1 Å². The van der Waals surface area contributed by atoms with Crippen LogP contribution in [0, 0.1) is 37.0 Å². The molecule has 0 aromatic carbocycles. The van der Waals surface area contributed by atoms with Gasteiger partial charge >= 0.3 is 0 Å². The number of amides is 2. The Kier molecular flexibility index (Phi) is 8.38. The molecule has 2 aliphatic rings. The number of rotatable bonds is 9. The number of nitrogens with zero attached hydrogens (tertiary/aromatic N) is 3.